The molecule has 1 aromatic heterocycles. The first-order chi connectivity index (χ1) is 11.8. The SMILES string of the molecule is O=C(Nc1cccc2cnccc12)N1CCC(c2ccccc2)C1. The molecule has 2 amide bonds. The number of carbonyl (C=O) groups is 1. The van der Waals surface area contributed by atoms with Gasteiger partial charge in [0.25, 0.3) is 0 Å². The van der Waals surface area contributed by atoms with Crippen LogP contribution in [-0.4, -0.2) is 29.0 Å². The first-order valence-electron chi connectivity index (χ1n) is 8.25. The van der Waals surface area contributed by atoms with E-state index in [0.29, 0.717) is 5.92 Å². The van der Waals surface area contributed by atoms with E-state index in [-0.39, 0.29) is 6.03 Å². The van der Waals surface area contributed by atoms with E-state index in [9.17, 15) is 4.79 Å². The summed E-state index contributed by atoms with van der Waals surface area (Å²) in [6.07, 6.45) is 4.57. The number of anilines is 1. The number of hydrogen-bond acceptors (Lipinski definition) is 2. The van der Waals surface area contributed by atoms with Crippen LogP contribution in [0, 0.1) is 0 Å². The Hall–Kier alpha value is -2.88. The smallest absolute Gasteiger partial charge is 0.321 e. The molecule has 1 unspecified atom stereocenters. The van der Waals surface area contributed by atoms with Gasteiger partial charge in [-0.2, -0.15) is 0 Å². The lowest BCUT2D eigenvalue weighted by atomic mass is 9.99. The number of urea groups is 1. The number of aromatic nitrogens is 1. The Kier molecular flexibility index (Phi) is 3.87. The van der Waals surface area contributed by atoms with Gasteiger partial charge >= 0.3 is 6.03 Å². The molecule has 4 nitrogen and oxygen atoms in total. The summed E-state index contributed by atoms with van der Waals surface area (Å²) in [6, 6.07) is 18.2. The van der Waals surface area contributed by atoms with Crippen molar-refractivity contribution in [1.82, 2.24) is 9.88 Å². The number of likely N-dealkylation sites (tertiary alicyclic amines) is 1. The van der Waals surface area contributed by atoms with E-state index in [1.165, 1.54) is 5.56 Å². The molecule has 3 aromatic rings. The lowest BCUT2D eigenvalue weighted by Crippen LogP contribution is -2.32. The minimum atomic E-state index is -0.0299. The third-order valence-corrected chi connectivity index (χ3v) is 4.67. The monoisotopic (exact) mass is 317 g/mol. The molecule has 2 aromatic carbocycles. The number of nitrogens with one attached hydrogen (secondary N) is 1. The Bertz CT molecular complexity index is 858. The fourth-order valence-electron chi connectivity index (χ4n) is 3.37. The Morgan fingerprint density at radius 3 is 2.83 bits per heavy atom. The van der Waals surface area contributed by atoms with E-state index in [1.807, 2.05) is 41.4 Å². The van der Waals surface area contributed by atoms with Crippen LogP contribution in [0.1, 0.15) is 17.9 Å². The van der Waals surface area contributed by atoms with Gasteiger partial charge in [-0.1, -0.05) is 42.5 Å². The molecular weight excluding hydrogens is 298 g/mol. The first-order valence-corrected chi connectivity index (χ1v) is 8.25. The Balaban J connectivity index is 1.49. The molecule has 0 radical (unpaired) electrons. The van der Waals surface area contributed by atoms with Crippen LogP contribution in [0.15, 0.2) is 67.0 Å². The molecule has 120 valence electrons. The van der Waals surface area contributed by atoms with Gasteiger partial charge in [0.05, 0.1) is 5.69 Å². The van der Waals surface area contributed by atoms with Crippen LogP contribution in [0.25, 0.3) is 10.8 Å². The van der Waals surface area contributed by atoms with Crippen molar-refractivity contribution in [2.45, 2.75) is 12.3 Å². The van der Waals surface area contributed by atoms with E-state index in [2.05, 4.69) is 34.6 Å². The zero-order chi connectivity index (χ0) is 16.4. The van der Waals surface area contributed by atoms with Gasteiger partial charge in [-0.3, -0.25) is 4.98 Å². The predicted molar refractivity (Wildman–Crippen MR) is 96.1 cm³/mol. The second-order valence-corrected chi connectivity index (χ2v) is 6.17. The number of rotatable bonds is 2. The summed E-state index contributed by atoms with van der Waals surface area (Å²) in [4.78, 5) is 18.7. The summed E-state index contributed by atoms with van der Waals surface area (Å²) in [5, 5.41) is 5.10. The molecule has 4 rings (SSSR count). The molecular formula is C20H19N3O. The maximum Gasteiger partial charge on any atom is 0.321 e. The van der Waals surface area contributed by atoms with Gasteiger partial charge in [0.1, 0.15) is 0 Å². The van der Waals surface area contributed by atoms with Gasteiger partial charge < -0.3 is 10.2 Å². The molecule has 4 heteroatoms. The van der Waals surface area contributed by atoms with E-state index in [4.69, 9.17) is 0 Å². The summed E-state index contributed by atoms with van der Waals surface area (Å²) >= 11 is 0. The average Bonchev–Trinajstić information content (AvgIpc) is 3.13. The van der Waals surface area contributed by atoms with Crippen molar-refractivity contribution in [3.8, 4) is 0 Å². The van der Waals surface area contributed by atoms with Crippen LogP contribution in [0.5, 0.6) is 0 Å². The van der Waals surface area contributed by atoms with Gasteiger partial charge in [-0.25, -0.2) is 4.79 Å². The van der Waals surface area contributed by atoms with Crippen LogP contribution in [0.4, 0.5) is 10.5 Å². The topological polar surface area (TPSA) is 45.2 Å². The van der Waals surface area contributed by atoms with Crippen LogP contribution in [0.2, 0.25) is 0 Å². The Morgan fingerprint density at radius 2 is 1.96 bits per heavy atom. The average molecular weight is 317 g/mol. The number of benzene rings is 2. The molecule has 0 bridgehead atoms. The second-order valence-electron chi connectivity index (χ2n) is 6.17. The fraction of sp³-hybridized carbons (Fsp3) is 0.200. The van der Waals surface area contributed by atoms with E-state index in [1.54, 1.807) is 6.20 Å². The van der Waals surface area contributed by atoms with E-state index in [0.717, 1.165) is 36.0 Å². The molecule has 24 heavy (non-hydrogen) atoms. The highest BCUT2D eigenvalue weighted by Gasteiger charge is 2.27. The van der Waals surface area contributed by atoms with Crippen molar-refractivity contribution >= 4 is 22.5 Å². The van der Waals surface area contributed by atoms with Crippen LogP contribution in [0.3, 0.4) is 0 Å². The number of fused-ring (bicyclic) bond motifs is 1. The van der Waals surface area contributed by atoms with Crippen molar-refractivity contribution in [2.75, 3.05) is 18.4 Å². The highest BCUT2D eigenvalue weighted by Crippen LogP contribution is 2.28. The molecule has 1 aliphatic rings. The normalized spacial score (nSPS) is 17.2. The molecule has 0 saturated carbocycles. The third-order valence-electron chi connectivity index (χ3n) is 4.67. The molecule has 0 spiro atoms. The van der Waals surface area contributed by atoms with Crippen molar-refractivity contribution in [3.63, 3.8) is 0 Å². The number of pyridine rings is 1. The lowest BCUT2D eigenvalue weighted by molar-refractivity contribution is 0.222. The van der Waals surface area contributed by atoms with Gasteiger partial charge in [-0.15, -0.1) is 0 Å². The van der Waals surface area contributed by atoms with E-state index >= 15 is 0 Å². The van der Waals surface area contributed by atoms with Crippen molar-refractivity contribution in [2.24, 2.45) is 0 Å². The number of amides is 2. The molecule has 1 aliphatic heterocycles. The Morgan fingerprint density at radius 1 is 1.08 bits per heavy atom. The van der Waals surface area contributed by atoms with Gasteiger partial charge in [-0.05, 0) is 24.1 Å². The highest BCUT2D eigenvalue weighted by atomic mass is 16.2. The quantitative estimate of drug-likeness (QED) is 0.767. The summed E-state index contributed by atoms with van der Waals surface area (Å²) in [7, 11) is 0. The zero-order valence-electron chi connectivity index (χ0n) is 13.4. The fourth-order valence-corrected chi connectivity index (χ4v) is 3.37. The maximum atomic E-state index is 12.6. The summed E-state index contributed by atoms with van der Waals surface area (Å²) in [5.41, 5.74) is 2.15. The zero-order valence-corrected chi connectivity index (χ0v) is 13.4. The van der Waals surface area contributed by atoms with Crippen molar-refractivity contribution < 1.29 is 4.79 Å². The van der Waals surface area contributed by atoms with Crippen LogP contribution < -0.4 is 5.32 Å². The molecule has 0 aliphatic carbocycles. The molecule has 1 fully saturated rings. The predicted octanol–water partition coefficient (Wildman–Crippen LogP) is 4.26. The third kappa shape index (κ3) is 2.83. The van der Waals surface area contributed by atoms with Gasteiger partial charge in [0, 0.05) is 42.2 Å². The summed E-state index contributed by atoms with van der Waals surface area (Å²) in [5.74, 6) is 0.425. The van der Waals surface area contributed by atoms with Crippen molar-refractivity contribution in [1.29, 1.82) is 0 Å². The minimum absolute atomic E-state index is 0.0299. The van der Waals surface area contributed by atoms with E-state index < -0.39 is 0 Å². The number of nitrogens with zero attached hydrogens (tertiary/aromatic N) is 2. The molecule has 1 N–H and O–H groups in total. The standard InChI is InChI=1S/C20H19N3O/c24-20(22-19-8-4-7-16-13-21-11-9-18(16)19)23-12-10-17(14-23)15-5-2-1-3-6-15/h1-9,11,13,17H,10,12,14H2,(H,22,24). The molecule has 1 atom stereocenters. The van der Waals surface area contributed by atoms with Gasteiger partial charge in [0.2, 0.25) is 0 Å². The number of hydrogen-bond donors (Lipinski definition) is 1. The van der Waals surface area contributed by atoms with Gasteiger partial charge in [0.15, 0.2) is 0 Å². The highest BCUT2D eigenvalue weighted by molar-refractivity contribution is 6.01. The van der Waals surface area contributed by atoms with Crippen LogP contribution in [-0.2, 0) is 0 Å². The summed E-state index contributed by atoms with van der Waals surface area (Å²) < 4.78 is 0. The summed E-state index contributed by atoms with van der Waals surface area (Å²) in [6.45, 7) is 1.56. The largest absolute Gasteiger partial charge is 0.324 e. The minimum Gasteiger partial charge on any atom is -0.324 e. The first kappa shape index (κ1) is 14.7. The van der Waals surface area contributed by atoms with Crippen LogP contribution >= 0.6 is 0 Å². The second kappa shape index (κ2) is 6.32. The molecule has 2 heterocycles. The number of carbonyl (C=O) groups excluding carboxylic acids is 1. The Labute approximate surface area is 141 Å². The molecule has 1 saturated heterocycles. The van der Waals surface area contributed by atoms with Crippen molar-refractivity contribution in [3.05, 3.63) is 72.6 Å². The lowest BCUT2D eigenvalue weighted by Gasteiger charge is -2.18. The maximum absolute atomic E-state index is 12.6.